The van der Waals surface area contributed by atoms with E-state index >= 15 is 0 Å². The van der Waals surface area contributed by atoms with Gasteiger partial charge in [0.1, 0.15) is 0 Å². The average molecular weight is 326 g/mol. The number of nitrogens with one attached hydrogen (secondary N) is 1. The molecule has 1 N–H and O–H groups in total. The highest BCUT2D eigenvalue weighted by molar-refractivity contribution is 7.99. The van der Waals surface area contributed by atoms with Crippen LogP contribution in [0.5, 0.6) is 0 Å². The highest BCUT2D eigenvalue weighted by Crippen LogP contribution is 2.21. The van der Waals surface area contributed by atoms with Crippen molar-refractivity contribution < 1.29 is 4.79 Å². The zero-order valence-electron chi connectivity index (χ0n) is 10.6. The molecule has 20 heavy (non-hydrogen) atoms. The van der Waals surface area contributed by atoms with E-state index < -0.39 is 0 Å². The molecular formula is C15H13Cl2NOS. The SMILES string of the molecule is O=C(CSCc1cccc(Cl)c1)Nc1ccccc1Cl. The maximum absolute atomic E-state index is 11.8. The number of thioether (sulfide) groups is 1. The second-order valence-electron chi connectivity index (χ2n) is 4.15. The van der Waals surface area contributed by atoms with E-state index in [9.17, 15) is 4.79 Å². The lowest BCUT2D eigenvalue weighted by Crippen LogP contribution is -2.14. The Morgan fingerprint density at radius 3 is 2.65 bits per heavy atom. The first-order chi connectivity index (χ1) is 9.65. The molecule has 0 spiro atoms. The van der Waals surface area contributed by atoms with Crippen molar-refractivity contribution in [3.63, 3.8) is 0 Å². The van der Waals surface area contributed by atoms with Gasteiger partial charge in [-0.1, -0.05) is 47.5 Å². The fourth-order valence-corrected chi connectivity index (χ4v) is 2.81. The first kappa shape index (κ1) is 15.2. The van der Waals surface area contributed by atoms with Crippen molar-refractivity contribution in [1.29, 1.82) is 0 Å². The smallest absolute Gasteiger partial charge is 0.234 e. The summed E-state index contributed by atoms with van der Waals surface area (Å²) in [5.74, 6) is 1.05. The molecule has 2 rings (SSSR count). The van der Waals surface area contributed by atoms with Gasteiger partial charge in [0.05, 0.1) is 16.5 Å². The summed E-state index contributed by atoms with van der Waals surface area (Å²) in [6.07, 6.45) is 0. The summed E-state index contributed by atoms with van der Waals surface area (Å²) in [7, 11) is 0. The molecule has 0 saturated heterocycles. The zero-order valence-corrected chi connectivity index (χ0v) is 12.9. The topological polar surface area (TPSA) is 29.1 Å². The Morgan fingerprint density at radius 1 is 1.10 bits per heavy atom. The largest absolute Gasteiger partial charge is 0.324 e. The van der Waals surface area contributed by atoms with Gasteiger partial charge in [-0.15, -0.1) is 11.8 Å². The van der Waals surface area contributed by atoms with Gasteiger partial charge >= 0.3 is 0 Å². The first-order valence-electron chi connectivity index (χ1n) is 6.02. The number of hydrogen-bond acceptors (Lipinski definition) is 2. The maximum atomic E-state index is 11.8. The maximum Gasteiger partial charge on any atom is 0.234 e. The second kappa shape index (κ2) is 7.58. The third-order valence-electron chi connectivity index (χ3n) is 2.54. The number of para-hydroxylation sites is 1. The lowest BCUT2D eigenvalue weighted by atomic mass is 10.2. The van der Waals surface area contributed by atoms with Crippen molar-refractivity contribution >= 4 is 46.6 Å². The number of benzene rings is 2. The summed E-state index contributed by atoms with van der Waals surface area (Å²) in [4.78, 5) is 11.8. The monoisotopic (exact) mass is 325 g/mol. The molecule has 0 unspecified atom stereocenters. The summed E-state index contributed by atoms with van der Waals surface area (Å²) >= 11 is 13.4. The van der Waals surface area contributed by atoms with Crippen molar-refractivity contribution in [2.75, 3.05) is 11.1 Å². The molecule has 0 aliphatic carbocycles. The minimum absolute atomic E-state index is 0.0647. The molecular weight excluding hydrogens is 313 g/mol. The van der Waals surface area contributed by atoms with Crippen LogP contribution < -0.4 is 5.32 Å². The van der Waals surface area contributed by atoms with E-state index in [4.69, 9.17) is 23.2 Å². The van der Waals surface area contributed by atoms with Crippen LogP contribution in [0.1, 0.15) is 5.56 Å². The first-order valence-corrected chi connectivity index (χ1v) is 7.93. The number of carbonyl (C=O) groups excluding carboxylic acids is 1. The predicted molar refractivity (Wildman–Crippen MR) is 87.7 cm³/mol. The van der Waals surface area contributed by atoms with Gasteiger partial charge in [-0.25, -0.2) is 0 Å². The van der Waals surface area contributed by atoms with Gasteiger partial charge in [0.15, 0.2) is 0 Å². The minimum Gasteiger partial charge on any atom is -0.324 e. The van der Waals surface area contributed by atoms with E-state index in [2.05, 4.69) is 5.32 Å². The van der Waals surface area contributed by atoms with Gasteiger partial charge in [0.2, 0.25) is 5.91 Å². The van der Waals surface area contributed by atoms with Crippen molar-refractivity contribution in [1.82, 2.24) is 0 Å². The second-order valence-corrected chi connectivity index (χ2v) is 5.98. The molecule has 5 heteroatoms. The van der Waals surface area contributed by atoms with Crippen LogP contribution in [-0.2, 0) is 10.5 Å². The molecule has 0 heterocycles. The molecule has 0 aliphatic heterocycles. The number of halogens is 2. The fraction of sp³-hybridized carbons (Fsp3) is 0.133. The van der Waals surface area contributed by atoms with Gasteiger partial charge in [0.25, 0.3) is 0 Å². The molecule has 104 valence electrons. The molecule has 1 amide bonds. The molecule has 0 atom stereocenters. The van der Waals surface area contributed by atoms with Gasteiger partial charge in [-0.2, -0.15) is 0 Å². The van der Waals surface area contributed by atoms with E-state index in [0.717, 1.165) is 11.3 Å². The third kappa shape index (κ3) is 4.75. The Morgan fingerprint density at radius 2 is 1.90 bits per heavy atom. The highest BCUT2D eigenvalue weighted by atomic mass is 35.5. The molecule has 2 nitrogen and oxygen atoms in total. The van der Waals surface area contributed by atoms with Crippen LogP contribution >= 0.6 is 35.0 Å². The average Bonchev–Trinajstić information content (AvgIpc) is 2.41. The van der Waals surface area contributed by atoms with Crippen LogP contribution in [0.25, 0.3) is 0 Å². The Kier molecular flexibility index (Phi) is 5.77. The number of hydrogen-bond donors (Lipinski definition) is 1. The van der Waals surface area contributed by atoms with Gasteiger partial charge in [-0.05, 0) is 29.8 Å². The van der Waals surface area contributed by atoms with Crippen molar-refractivity contribution in [2.45, 2.75) is 5.75 Å². The van der Waals surface area contributed by atoms with Gasteiger partial charge in [-0.3, -0.25) is 4.79 Å². The molecule has 0 aromatic heterocycles. The molecule has 2 aromatic carbocycles. The Balaban J connectivity index is 1.80. The van der Waals surface area contributed by atoms with E-state index in [1.165, 1.54) is 11.8 Å². The Labute approximate surface area is 132 Å². The predicted octanol–water partition coefficient (Wildman–Crippen LogP) is 4.87. The van der Waals surface area contributed by atoms with Crippen LogP contribution in [0, 0.1) is 0 Å². The molecule has 2 aromatic rings. The fourth-order valence-electron chi connectivity index (χ4n) is 1.64. The lowest BCUT2D eigenvalue weighted by molar-refractivity contribution is -0.113. The Bertz CT molecular complexity index is 604. The normalized spacial score (nSPS) is 10.3. The van der Waals surface area contributed by atoms with Crippen molar-refractivity contribution in [3.05, 3.63) is 64.1 Å². The third-order valence-corrected chi connectivity index (χ3v) is 4.11. The molecule has 0 bridgehead atoms. The summed E-state index contributed by atoms with van der Waals surface area (Å²) in [6.45, 7) is 0. The highest BCUT2D eigenvalue weighted by Gasteiger charge is 2.05. The molecule has 0 saturated carbocycles. The van der Waals surface area contributed by atoms with E-state index in [-0.39, 0.29) is 5.91 Å². The number of rotatable bonds is 5. The molecule has 0 radical (unpaired) electrons. The summed E-state index contributed by atoms with van der Waals surface area (Å²) in [5.41, 5.74) is 1.75. The van der Waals surface area contributed by atoms with Crippen LogP contribution in [0.2, 0.25) is 10.0 Å². The van der Waals surface area contributed by atoms with Gasteiger partial charge < -0.3 is 5.32 Å². The number of amides is 1. The lowest BCUT2D eigenvalue weighted by Gasteiger charge is -2.07. The van der Waals surface area contributed by atoms with Crippen LogP contribution in [-0.4, -0.2) is 11.7 Å². The standard InChI is InChI=1S/C15H13Cl2NOS/c16-12-5-3-4-11(8-12)9-20-10-15(19)18-14-7-2-1-6-13(14)17/h1-8H,9-10H2,(H,18,19). The number of carbonyl (C=O) groups is 1. The molecule has 0 aliphatic rings. The quantitative estimate of drug-likeness (QED) is 0.850. The van der Waals surface area contributed by atoms with E-state index in [1.54, 1.807) is 12.1 Å². The van der Waals surface area contributed by atoms with Crippen LogP contribution in [0.15, 0.2) is 48.5 Å². The Hall–Kier alpha value is -1.16. The van der Waals surface area contributed by atoms with Crippen molar-refractivity contribution in [2.24, 2.45) is 0 Å². The zero-order chi connectivity index (χ0) is 14.4. The summed E-state index contributed by atoms with van der Waals surface area (Å²) < 4.78 is 0. The molecule has 0 fully saturated rings. The van der Waals surface area contributed by atoms with Crippen LogP contribution in [0.4, 0.5) is 5.69 Å². The van der Waals surface area contributed by atoms with Crippen LogP contribution in [0.3, 0.4) is 0 Å². The number of anilines is 1. The summed E-state index contributed by atoms with van der Waals surface area (Å²) in [5, 5.41) is 4.04. The minimum atomic E-state index is -0.0647. The van der Waals surface area contributed by atoms with Crippen molar-refractivity contribution in [3.8, 4) is 0 Å². The van der Waals surface area contributed by atoms with E-state index in [0.29, 0.717) is 21.5 Å². The van der Waals surface area contributed by atoms with E-state index in [1.807, 2.05) is 36.4 Å². The van der Waals surface area contributed by atoms with Gasteiger partial charge in [0, 0.05) is 10.8 Å². The summed E-state index contributed by atoms with van der Waals surface area (Å²) in [6, 6.07) is 14.8.